The van der Waals surface area contributed by atoms with E-state index in [1.807, 2.05) is 11.0 Å². The zero-order valence-corrected chi connectivity index (χ0v) is 14.1. The minimum absolute atomic E-state index is 0.0479. The molecule has 0 aliphatic carbocycles. The maximum atomic E-state index is 13.0. The van der Waals surface area contributed by atoms with Crippen LogP contribution in [0.15, 0.2) is 60.8 Å². The molecule has 1 aromatic heterocycles. The van der Waals surface area contributed by atoms with Gasteiger partial charge in [0.15, 0.2) is 0 Å². The van der Waals surface area contributed by atoms with Crippen molar-refractivity contribution in [2.24, 2.45) is 7.05 Å². The molecule has 0 unspecified atom stereocenters. The van der Waals surface area contributed by atoms with Crippen molar-refractivity contribution in [2.75, 3.05) is 13.1 Å². The van der Waals surface area contributed by atoms with Gasteiger partial charge in [0.25, 0.3) is 5.91 Å². The second-order valence-electron chi connectivity index (χ2n) is 6.41. The first kappa shape index (κ1) is 15.6. The van der Waals surface area contributed by atoms with E-state index in [-0.39, 0.29) is 11.7 Å². The zero-order valence-electron chi connectivity index (χ0n) is 14.1. The van der Waals surface area contributed by atoms with Crippen LogP contribution in [0, 0.1) is 5.82 Å². The average Bonchev–Trinajstić information content (AvgIpc) is 2.99. The van der Waals surface area contributed by atoms with Gasteiger partial charge in [-0.25, -0.2) is 4.39 Å². The molecule has 0 atom stereocenters. The van der Waals surface area contributed by atoms with Gasteiger partial charge < -0.3 is 9.47 Å². The van der Waals surface area contributed by atoms with Crippen LogP contribution >= 0.6 is 0 Å². The highest BCUT2D eigenvalue weighted by Crippen LogP contribution is 2.30. The molecule has 0 spiro atoms. The van der Waals surface area contributed by atoms with E-state index in [1.54, 1.807) is 12.1 Å². The number of aryl methyl sites for hydroxylation is 1. The monoisotopic (exact) mass is 334 g/mol. The number of nitrogens with zero attached hydrogens (tertiary/aromatic N) is 2. The van der Waals surface area contributed by atoms with E-state index in [0.717, 1.165) is 6.42 Å². The molecule has 0 N–H and O–H groups in total. The fourth-order valence-electron chi connectivity index (χ4n) is 3.47. The molecule has 0 fully saturated rings. The Bertz CT molecular complexity index is 969. The molecular weight excluding hydrogens is 315 g/mol. The van der Waals surface area contributed by atoms with E-state index in [0.29, 0.717) is 18.7 Å². The van der Waals surface area contributed by atoms with Crippen LogP contribution in [-0.2, 0) is 7.05 Å². The van der Waals surface area contributed by atoms with E-state index in [2.05, 4.69) is 42.1 Å². The molecule has 1 aliphatic rings. The zero-order chi connectivity index (χ0) is 17.4. The summed E-state index contributed by atoms with van der Waals surface area (Å²) in [5.41, 5.74) is 4.26. The van der Waals surface area contributed by atoms with Gasteiger partial charge in [-0.2, -0.15) is 0 Å². The standard InChI is InChI=1S/C21H19FN2O/c1-23-14-19(18-4-2-3-5-20(18)23)15-10-12-24(13-11-15)21(25)16-6-8-17(22)9-7-16/h2-10,14H,11-13H2,1H3. The number of amides is 1. The molecule has 0 bridgehead atoms. The predicted octanol–water partition coefficient (Wildman–Crippen LogP) is 4.25. The Morgan fingerprint density at radius 2 is 1.84 bits per heavy atom. The Morgan fingerprint density at radius 1 is 1.08 bits per heavy atom. The molecule has 3 aromatic rings. The Labute approximate surface area is 146 Å². The van der Waals surface area contributed by atoms with Crippen molar-refractivity contribution in [3.63, 3.8) is 0 Å². The van der Waals surface area contributed by atoms with Crippen molar-refractivity contribution in [1.29, 1.82) is 0 Å². The molecule has 1 aliphatic heterocycles. The van der Waals surface area contributed by atoms with Gasteiger partial charge in [-0.1, -0.05) is 24.3 Å². The second kappa shape index (κ2) is 6.20. The minimum atomic E-state index is -0.326. The van der Waals surface area contributed by atoms with Crippen molar-refractivity contribution < 1.29 is 9.18 Å². The quantitative estimate of drug-likeness (QED) is 0.688. The van der Waals surface area contributed by atoms with Crippen molar-refractivity contribution in [2.45, 2.75) is 6.42 Å². The number of halogens is 1. The van der Waals surface area contributed by atoms with Crippen LogP contribution in [0.1, 0.15) is 22.3 Å². The number of para-hydroxylation sites is 1. The summed E-state index contributed by atoms with van der Waals surface area (Å²) in [6.07, 6.45) is 5.11. The highest BCUT2D eigenvalue weighted by Gasteiger charge is 2.20. The van der Waals surface area contributed by atoms with Crippen molar-refractivity contribution >= 4 is 22.4 Å². The molecule has 25 heavy (non-hydrogen) atoms. The van der Waals surface area contributed by atoms with E-state index in [4.69, 9.17) is 0 Å². The lowest BCUT2D eigenvalue weighted by Gasteiger charge is -2.26. The number of carbonyl (C=O) groups is 1. The summed E-state index contributed by atoms with van der Waals surface area (Å²) in [6, 6.07) is 14.1. The number of rotatable bonds is 2. The van der Waals surface area contributed by atoms with Gasteiger partial charge >= 0.3 is 0 Å². The van der Waals surface area contributed by atoms with E-state index in [9.17, 15) is 9.18 Å². The van der Waals surface area contributed by atoms with Crippen LogP contribution in [-0.4, -0.2) is 28.5 Å². The first-order valence-corrected chi connectivity index (χ1v) is 8.42. The Morgan fingerprint density at radius 3 is 2.56 bits per heavy atom. The lowest BCUT2D eigenvalue weighted by atomic mass is 9.98. The van der Waals surface area contributed by atoms with E-state index >= 15 is 0 Å². The Kier molecular flexibility index (Phi) is 3.88. The van der Waals surface area contributed by atoms with Crippen molar-refractivity contribution in [3.8, 4) is 0 Å². The second-order valence-corrected chi connectivity index (χ2v) is 6.41. The Hall–Kier alpha value is -2.88. The normalized spacial score (nSPS) is 14.6. The molecule has 0 radical (unpaired) electrons. The smallest absolute Gasteiger partial charge is 0.254 e. The number of carbonyl (C=O) groups excluding carboxylic acids is 1. The summed E-state index contributed by atoms with van der Waals surface area (Å²) in [6.45, 7) is 1.25. The fourth-order valence-corrected chi connectivity index (χ4v) is 3.47. The van der Waals surface area contributed by atoms with Crippen LogP contribution in [0.2, 0.25) is 0 Å². The predicted molar refractivity (Wildman–Crippen MR) is 97.8 cm³/mol. The third-order valence-corrected chi connectivity index (χ3v) is 4.83. The lowest BCUT2D eigenvalue weighted by Crippen LogP contribution is -2.34. The SMILES string of the molecule is Cn1cc(C2=CCN(C(=O)c3ccc(F)cc3)CC2)c2ccccc21. The number of fused-ring (bicyclic) bond motifs is 1. The molecule has 126 valence electrons. The highest BCUT2D eigenvalue weighted by molar-refractivity contribution is 5.96. The van der Waals surface area contributed by atoms with E-state index < -0.39 is 0 Å². The van der Waals surface area contributed by atoms with Crippen LogP contribution in [0.25, 0.3) is 16.5 Å². The molecule has 0 saturated carbocycles. The topological polar surface area (TPSA) is 25.2 Å². The first-order valence-electron chi connectivity index (χ1n) is 8.42. The molecule has 2 aromatic carbocycles. The number of aromatic nitrogens is 1. The number of benzene rings is 2. The third-order valence-electron chi connectivity index (χ3n) is 4.83. The highest BCUT2D eigenvalue weighted by atomic mass is 19.1. The van der Waals surface area contributed by atoms with Crippen LogP contribution in [0.3, 0.4) is 0 Å². The molecule has 1 amide bonds. The summed E-state index contributed by atoms with van der Waals surface area (Å²) in [7, 11) is 2.06. The third kappa shape index (κ3) is 2.84. The summed E-state index contributed by atoms with van der Waals surface area (Å²) in [5.74, 6) is -0.374. The van der Waals surface area contributed by atoms with Gasteiger partial charge in [0, 0.05) is 48.4 Å². The minimum Gasteiger partial charge on any atom is -0.350 e. The van der Waals surface area contributed by atoms with Crippen LogP contribution < -0.4 is 0 Å². The summed E-state index contributed by atoms with van der Waals surface area (Å²) >= 11 is 0. The largest absolute Gasteiger partial charge is 0.350 e. The maximum absolute atomic E-state index is 13.0. The van der Waals surface area contributed by atoms with Crippen molar-refractivity contribution in [3.05, 3.63) is 77.7 Å². The Balaban J connectivity index is 1.57. The summed E-state index contributed by atoms with van der Waals surface area (Å²) in [4.78, 5) is 14.3. The number of hydrogen-bond acceptors (Lipinski definition) is 1. The average molecular weight is 334 g/mol. The summed E-state index contributed by atoms with van der Waals surface area (Å²) < 4.78 is 15.2. The van der Waals surface area contributed by atoms with Gasteiger partial charge in [-0.3, -0.25) is 4.79 Å². The van der Waals surface area contributed by atoms with Gasteiger partial charge in [-0.05, 0) is 42.3 Å². The molecule has 0 saturated heterocycles. The summed E-state index contributed by atoms with van der Waals surface area (Å²) in [5, 5.41) is 1.24. The molecule has 3 nitrogen and oxygen atoms in total. The van der Waals surface area contributed by atoms with Crippen LogP contribution in [0.5, 0.6) is 0 Å². The maximum Gasteiger partial charge on any atom is 0.254 e. The molecule has 4 rings (SSSR count). The lowest BCUT2D eigenvalue weighted by molar-refractivity contribution is 0.0773. The fraction of sp³-hybridized carbons (Fsp3) is 0.190. The molecule has 4 heteroatoms. The number of hydrogen-bond donors (Lipinski definition) is 0. The van der Waals surface area contributed by atoms with Gasteiger partial charge in [0.05, 0.1) is 0 Å². The van der Waals surface area contributed by atoms with Gasteiger partial charge in [0.2, 0.25) is 0 Å². The molecule has 2 heterocycles. The van der Waals surface area contributed by atoms with Gasteiger partial charge in [-0.15, -0.1) is 0 Å². The first-order chi connectivity index (χ1) is 12.1. The van der Waals surface area contributed by atoms with Gasteiger partial charge in [0.1, 0.15) is 5.82 Å². The molecular formula is C21H19FN2O. The van der Waals surface area contributed by atoms with E-state index in [1.165, 1.54) is 34.2 Å². The van der Waals surface area contributed by atoms with Crippen LogP contribution in [0.4, 0.5) is 4.39 Å². The van der Waals surface area contributed by atoms with Crippen molar-refractivity contribution in [1.82, 2.24) is 9.47 Å².